The number of amides is 2. The van der Waals surface area contributed by atoms with Crippen LogP contribution in [-0.4, -0.2) is 12.1 Å². The first-order valence-corrected chi connectivity index (χ1v) is 6.60. The van der Waals surface area contributed by atoms with Gasteiger partial charge in [-0.25, -0.2) is 4.79 Å². The van der Waals surface area contributed by atoms with Gasteiger partial charge in [0.15, 0.2) is 0 Å². The van der Waals surface area contributed by atoms with Crippen molar-refractivity contribution in [3.8, 4) is 0 Å². The summed E-state index contributed by atoms with van der Waals surface area (Å²) in [5, 5.41) is 5.89. The van der Waals surface area contributed by atoms with Gasteiger partial charge in [-0.1, -0.05) is 37.1 Å². The molecule has 1 saturated carbocycles. The lowest BCUT2D eigenvalue weighted by atomic mass is 10.1. The predicted molar refractivity (Wildman–Crippen MR) is 72.0 cm³/mol. The molecule has 18 heavy (non-hydrogen) atoms. The molecule has 1 aromatic carbocycles. The van der Waals surface area contributed by atoms with Crippen LogP contribution < -0.4 is 16.4 Å². The molecule has 4 nitrogen and oxygen atoms in total. The highest BCUT2D eigenvalue weighted by molar-refractivity contribution is 5.74. The van der Waals surface area contributed by atoms with Crippen LogP contribution in [0.25, 0.3) is 0 Å². The molecule has 2 amide bonds. The summed E-state index contributed by atoms with van der Waals surface area (Å²) in [7, 11) is 0. The van der Waals surface area contributed by atoms with Crippen molar-refractivity contribution in [3.63, 3.8) is 0 Å². The molecular weight excluding hydrogens is 226 g/mol. The van der Waals surface area contributed by atoms with Crippen LogP contribution in [0.2, 0.25) is 0 Å². The van der Waals surface area contributed by atoms with Gasteiger partial charge in [-0.2, -0.15) is 0 Å². The third-order valence-electron chi connectivity index (χ3n) is 3.37. The van der Waals surface area contributed by atoms with E-state index in [9.17, 15) is 4.79 Å². The smallest absolute Gasteiger partial charge is 0.315 e. The maximum atomic E-state index is 11.7. The predicted octanol–water partition coefficient (Wildman–Crippen LogP) is 1.89. The minimum atomic E-state index is -0.0694. The average Bonchev–Trinajstić information content (AvgIpc) is 2.89. The molecule has 0 atom stereocenters. The van der Waals surface area contributed by atoms with Gasteiger partial charge in [0.1, 0.15) is 0 Å². The van der Waals surface area contributed by atoms with E-state index in [1.54, 1.807) is 0 Å². The fraction of sp³-hybridized carbons (Fsp3) is 0.500. The number of carbonyl (C=O) groups excluding carboxylic acids is 1. The van der Waals surface area contributed by atoms with Crippen LogP contribution in [0.5, 0.6) is 0 Å². The second kappa shape index (κ2) is 6.40. The molecule has 1 aliphatic carbocycles. The molecule has 1 aromatic rings. The topological polar surface area (TPSA) is 67.1 Å². The number of benzene rings is 1. The van der Waals surface area contributed by atoms with Crippen LogP contribution in [-0.2, 0) is 13.1 Å². The van der Waals surface area contributed by atoms with E-state index in [0.29, 0.717) is 19.1 Å². The molecule has 4 N–H and O–H groups in total. The molecular formula is C14H21N3O. The quantitative estimate of drug-likeness (QED) is 0.760. The van der Waals surface area contributed by atoms with E-state index in [1.807, 2.05) is 24.3 Å². The molecule has 0 radical (unpaired) electrons. The molecule has 0 aromatic heterocycles. The van der Waals surface area contributed by atoms with Gasteiger partial charge in [-0.3, -0.25) is 0 Å². The van der Waals surface area contributed by atoms with Crippen molar-refractivity contribution in [2.45, 2.75) is 44.8 Å². The van der Waals surface area contributed by atoms with Crippen molar-refractivity contribution < 1.29 is 4.79 Å². The molecule has 2 rings (SSSR count). The van der Waals surface area contributed by atoms with Crippen LogP contribution >= 0.6 is 0 Å². The minimum Gasteiger partial charge on any atom is -0.335 e. The monoisotopic (exact) mass is 247 g/mol. The van der Waals surface area contributed by atoms with Gasteiger partial charge in [0.2, 0.25) is 0 Å². The highest BCUT2D eigenvalue weighted by Gasteiger charge is 2.16. The van der Waals surface area contributed by atoms with E-state index in [-0.39, 0.29) is 6.03 Å². The van der Waals surface area contributed by atoms with E-state index in [2.05, 4.69) is 10.6 Å². The van der Waals surface area contributed by atoms with E-state index < -0.39 is 0 Å². The van der Waals surface area contributed by atoms with Crippen molar-refractivity contribution in [3.05, 3.63) is 35.4 Å². The Bertz CT molecular complexity index is 400. The van der Waals surface area contributed by atoms with Gasteiger partial charge in [-0.05, 0) is 24.0 Å². The minimum absolute atomic E-state index is 0.0694. The van der Waals surface area contributed by atoms with E-state index in [0.717, 1.165) is 24.0 Å². The van der Waals surface area contributed by atoms with Crippen LogP contribution in [0, 0.1) is 0 Å². The highest BCUT2D eigenvalue weighted by atomic mass is 16.2. The number of urea groups is 1. The van der Waals surface area contributed by atoms with E-state index in [4.69, 9.17) is 5.73 Å². The third kappa shape index (κ3) is 3.74. The maximum Gasteiger partial charge on any atom is 0.315 e. The van der Waals surface area contributed by atoms with Gasteiger partial charge in [0.05, 0.1) is 0 Å². The van der Waals surface area contributed by atoms with Crippen LogP contribution in [0.1, 0.15) is 36.8 Å². The van der Waals surface area contributed by atoms with Crippen LogP contribution in [0.15, 0.2) is 24.3 Å². The molecule has 98 valence electrons. The fourth-order valence-corrected chi connectivity index (χ4v) is 2.36. The first-order chi connectivity index (χ1) is 8.78. The Morgan fingerprint density at radius 2 is 2.00 bits per heavy atom. The third-order valence-corrected chi connectivity index (χ3v) is 3.37. The number of carbonyl (C=O) groups is 1. The Kier molecular flexibility index (Phi) is 4.59. The Morgan fingerprint density at radius 1 is 1.28 bits per heavy atom. The second-order valence-electron chi connectivity index (χ2n) is 4.83. The van der Waals surface area contributed by atoms with Gasteiger partial charge in [0.25, 0.3) is 0 Å². The summed E-state index contributed by atoms with van der Waals surface area (Å²) < 4.78 is 0. The molecule has 0 spiro atoms. The van der Waals surface area contributed by atoms with Crippen molar-refractivity contribution >= 4 is 6.03 Å². The SMILES string of the molecule is NCc1cccc(CNC(=O)NC2CCCC2)c1. The van der Waals surface area contributed by atoms with Crippen molar-refractivity contribution in [2.75, 3.05) is 0 Å². The largest absolute Gasteiger partial charge is 0.335 e. The van der Waals surface area contributed by atoms with Crippen molar-refractivity contribution in [1.29, 1.82) is 0 Å². The zero-order valence-corrected chi connectivity index (χ0v) is 10.6. The number of hydrogen-bond acceptors (Lipinski definition) is 2. The summed E-state index contributed by atoms with van der Waals surface area (Å²) in [6.07, 6.45) is 4.67. The average molecular weight is 247 g/mol. The molecule has 1 fully saturated rings. The van der Waals surface area contributed by atoms with Crippen molar-refractivity contribution in [1.82, 2.24) is 10.6 Å². The number of nitrogens with one attached hydrogen (secondary N) is 2. The summed E-state index contributed by atoms with van der Waals surface area (Å²) in [6, 6.07) is 8.27. The Balaban J connectivity index is 1.77. The van der Waals surface area contributed by atoms with E-state index in [1.165, 1.54) is 12.8 Å². The molecule has 4 heteroatoms. The van der Waals surface area contributed by atoms with E-state index >= 15 is 0 Å². The summed E-state index contributed by atoms with van der Waals surface area (Å²) >= 11 is 0. The first-order valence-electron chi connectivity index (χ1n) is 6.60. The fourth-order valence-electron chi connectivity index (χ4n) is 2.36. The lowest BCUT2D eigenvalue weighted by Crippen LogP contribution is -2.40. The summed E-state index contributed by atoms with van der Waals surface area (Å²) in [5.41, 5.74) is 7.76. The normalized spacial score (nSPS) is 15.6. The lowest BCUT2D eigenvalue weighted by Gasteiger charge is -2.13. The first kappa shape index (κ1) is 12.9. The van der Waals surface area contributed by atoms with Crippen LogP contribution in [0.3, 0.4) is 0 Å². The van der Waals surface area contributed by atoms with Gasteiger partial charge in [0, 0.05) is 19.1 Å². The number of hydrogen-bond donors (Lipinski definition) is 3. The standard InChI is InChI=1S/C14H21N3O/c15-9-11-4-3-5-12(8-11)10-16-14(18)17-13-6-1-2-7-13/h3-5,8,13H,1-2,6-7,9-10,15H2,(H2,16,17,18). The number of nitrogens with two attached hydrogens (primary N) is 1. The van der Waals surface area contributed by atoms with Gasteiger partial charge < -0.3 is 16.4 Å². The van der Waals surface area contributed by atoms with Crippen molar-refractivity contribution in [2.24, 2.45) is 5.73 Å². The zero-order chi connectivity index (χ0) is 12.8. The molecule has 1 aliphatic rings. The number of rotatable bonds is 4. The molecule has 0 aliphatic heterocycles. The molecule has 0 unspecified atom stereocenters. The Morgan fingerprint density at radius 3 is 2.72 bits per heavy atom. The Labute approximate surface area is 108 Å². The summed E-state index contributed by atoms with van der Waals surface area (Å²) in [5.74, 6) is 0. The lowest BCUT2D eigenvalue weighted by molar-refractivity contribution is 0.236. The highest BCUT2D eigenvalue weighted by Crippen LogP contribution is 2.17. The molecule has 0 saturated heterocycles. The zero-order valence-electron chi connectivity index (χ0n) is 10.6. The summed E-state index contributed by atoms with van der Waals surface area (Å²) in [6.45, 7) is 1.08. The second-order valence-corrected chi connectivity index (χ2v) is 4.83. The van der Waals surface area contributed by atoms with Gasteiger partial charge in [-0.15, -0.1) is 0 Å². The Hall–Kier alpha value is -1.55. The maximum absolute atomic E-state index is 11.7. The van der Waals surface area contributed by atoms with Crippen LogP contribution in [0.4, 0.5) is 4.79 Å². The summed E-state index contributed by atoms with van der Waals surface area (Å²) in [4.78, 5) is 11.7. The molecule has 0 bridgehead atoms. The molecule has 0 heterocycles. The van der Waals surface area contributed by atoms with Gasteiger partial charge >= 0.3 is 6.03 Å².